The van der Waals surface area contributed by atoms with E-state index in [1.54, 1.807) is 17.4 Å². The molecule has 1 heterocycles. The molecule has 0 amide bonds. The maximum absolute atomic E-state index is 13.3. The number of rotatable bonds is 2. The Morgan fingerprint density at radius 2 is 2.11 bits per heavy atom. The van der Waals surface area contributed by atoms with Crippen LogP contribution >= 0.6 is 34.5 Å². The van der Waals surface area contributed by atoms with Crippen molar-refractivity contribution in [2.75, 3.05) is 5.32 Å². The maximum atomic E-state index is 13.3. The lowest BCUT2D eigenvalue weighted by Gasteiger charge is -2.25. The summed E-state index contributed by atoms with van der Waals surface area (Å²) < 4.78 is 14.1. The van der Waals surface area contributed by atoms with Crippen LogP contribution in [0.3, 0.4) is 0 Å². The first-order chi connectivity index (χ1) is 9.13. The molecule has 19 heavy (non-hydrogen) atoms. The quantitative estimate of drug-likeness (QED) is 0.751. The Hall–Kier alpha value is -0.770. The van der Waals surface area contributed by atoms with Gasteiger partial charge in [0, 0.05) is 4.88 Å². The van der Waals surface area contributed by atoms with E-state index in [0.717, 1.165) is 23.6 Å². The molecule has 3 rings (SSSR count). The summed E-state index contributed by atoms with van der Waals surface area (Å²) in [6.07, 6.45) is 3.18. The molecule has 1 aliphatic carbocycles. The molecule has 1 aromatic heterocycles. The first-order valence-corrected chi connectivity index (χ1v) is 7.70. The summed E-state index contributed by atoms with van der Waals surface area (Å²) in [6.45, 7) is 0. The Labute approximate surface area is 125 Å². The van der Waals surface area contributed by atoms with E-state index in [2.05, 4.69) is 5.32 Å². The second kappa shape index (κ2) is 5.31. The lowest BCUT2D eigenvalue weighted by Crippen LogP contribution is -2.15. The summed E-state index contributed by atoms with van der Waals surface area (Å²) >= 11 is 13.8. The highest BCUT2D eigenvalue weighted by Crippen LogP contribution is 2.40. The molecule has 0 saturated carbocycles. The van der Waals surface area contributed by atoms with Crippen molar-refractivity contribution >= 4 is 40.2 Å². The van der Waals surface area contributed by atoms with E-state index in [1.807, 2.05) is 6.07 Å². The smallest absolute Gasteiger partial charge is 0.125 e. The predicted octanol–water partition coefficient (Wildman–Crippen LogP) is 5.68. The molecule has 0 saturated heterocycles. The molecule has 1 unspecified atom stereocenters. The molecule has 0 aliphatic heterocycles. The lowest BCUT2D eigenvalue weighted by molar-refractivity contribution is 0.605. The highest BCUT2D eigenvalue weighted by Gasteiger charge is 2.23. The monoisotopic (exact) mass is 315 g/mol. The minimum atomic E-state index is -0.286. The van der Waals surface area contributed by atoms with Crippen LogP contribution in [0.4, 0.5) is 10.1 Å². The molecule has 5 heteroatoms. The van der Waals surface area contributed by atoms with Crippen molar-refractivity contribution in [3.05, 3.63) is 49.9 Å². The van der Waals surface area contributed by atoms with Crippen molar-refractivity contribution < 1.29 is 4.39 Å². The fourth-order valence-corrected chi connectivity index (χ4v) is 4.02. The van der Waals surface area contributed by atoms with Gasteiger partial charge in [0.2, 0.25) is 0 Å². The SMILES string of the molecule is Fc1ccc(Cl)c(NC2CCCc3sc(Cl)cc32)c1. The summed E-state index contributed by atoms with van der Waals surface area (Å²) in [5.74, 6) is -0.286. The Kier molecular flexibility index (Phi) is 3.70. The van der Waals surface area contributed by atoms with Gasteiger partial charge in [0.25, 0.3) is 0 Å². The van der Waals surface area contributed by atoms with E-state index in [0.29, 0.717) is 10.7 Å². The molecule has 1 atom stereocenters. The van der Waals surface area contributed by atoms with E-state index >= 15 is 0 Å². The van der Waals surface area contributed by atoms with Crippen LogP contribution < -0.4 is 5.32 Å². The molecule has 0 bridgehead atoms. The molecule has 0 radical (unpaired) electrons. The van der Waals surface area contributed by atoms with Gasteiger partial charge in [-0.05, 0) is 49.1 Å². The zero-order valence-corrected chi connectivity index (χ0v) is 12.4. The van der Waals surface area contributed by atoms with Gasteiger partial charge in [-0.25, -0.2) is 4.39 Å². The van der Waals surface area contributed by atoms with Crippen LogP contribution in [0.15, 0.2) is 24.3 Å². The van der Waals surface area contributed by atoms with Gasteiger partial charge in [-0.1, -0.05) is 23.2 Å². The number of aryl methyl sites for hydroxylation is 1. The van der Waals surface area contributed by atoms with E-state index in [-0.39, 0.29) is 11.9 Å². The summed E-state index contributed by atoms with van der Waals surface area (Å²) in [7, 11) is 0. The minimum absolute atomic E-state index is 0.159. The Morgan fingerprint density at radius 3 is 2.95 bits per heavy atom. The van der Waals surface area contributed by atoms with Gasteiger partial charge in [-0.3, -0.25) is 0 Å². The van der Waals surface area contributed by atoms with Crippen LogP contribution in [0.1, 0.15) is 29.3 Å². The van der Waals surface area contributed by atoms with Crippen LogP contribution in [0.2, 0.25) is 9.36 Å². The third-order valence-electron chi connectivity index (χ3n) is 3.34. The number of nitrogens with one attached hydrogen (secondary N) is 1. The summed E-state index contributed by atoms with van der Waals surface area (Å²) in [4.78, 5) is 1.32. The highest BCUT2D eigenvalue weighted by atomic mass is 35.5. The average Bonchev–Trinajstić information content (AvgIpc) is 2.75. The summed E-state index contributed by atoms with van der Waals surface area (Å²) in [5.41, 5.74) is 1.86. The van der Waals surface area contributed by atoms with E-state index < -0.39 is 0 Å². The van der Waals surface area contributed by atoms with Crippen molar-refractivity contribution in [1.82, 2.24) is 0 Å². The summed E-state index contributed by atoms with van der Waals surface area (Å²) in [5, 5.41) is 3.87. The Morgan fingerprint density at radius 1 is 1.26 bits per heavy atom. The van der Waals surface area contributed by atoms with Gasteiger partial charge in [0.1, 0.15) is 5.82 Å². The van der Waals surface area contributed by atoms with Gasteiger partial charge in [0.05, 0.1) is 21.1 Å². The topological polar surface area (TPSA) is 12.0 Å². The van der Waals surface area contributed by atoms with Crippen molar-refractivity contribution in [2.45, 2.75) is 25.3 Å². The number of halogens is 3. The van der Waals surface area contributed by atoms with E-state index in [9.17, 15) is 4.39 Å². The van der Waals surface area contributed by atoms with Crippen LogP contribution in [0.25, 0.3) is 0 Å². The van der Waals surface area contributed by atoms with Gasteiger partial charge < -0.3 is 5.32 Å². The molecule has 1 aliphatic rings. The fraction of sp³-hybridized carbons (Fsp3) is 0.286. The highest BCUT2D eigenvalue weighted by molar-refractivity contribution is 7.16. The third kappa shape index (κ3) is 2.73. The van der Waals surface area contributed by atoms with Crippen molar-refractivity contribution in [2.24, 2.45) is 0 Å². The number of benzene rings is 1. The van der Waals surface area contributed by atoms with Gasteiger partial charge in [0.15, 0.2) is 0 Å². The molecular weight excluding hydrogens is 304 g/mol. The molecule has 0 spiro atoms. The largest absolute Gasteiger partial charge is 0.377 e. The predicted molar refractivity (Wildman–Crippen MR) is 80.0 cm³/mol. The number of hydrogen-bond acceptors (Lipinski definition) is 2. The number of fused-ring (bicyclic) bond motifs is 1. The van der Waals surface area contributed by atoms with Crippen LogP contribution in [0, 0.1) is 5.82 Å². The van der Waals surface area contributed by atoms with Gasteiger partial charge in [-0.2, -0.15) is 0 Å². The Bertz CT molecular complexity index is 611. The first-order valence-electron chi connectivity index (χ1n) is 6.13. The van der Waals surface area contributed by atoms with Crippen LogP contribution in [0.5, 0.6) is 0 Å². The minimum Gasteiger partial charge on any atom is -0.377 e. The van der Waals surface area contributed by atoms with Crippen LogP contribution in [-0.4, -0.2) is 0 Å². The van der Waals surface area contributed by atoms with E-state index in [1.165, 1.54) is 22.6 Å². The Balaban J connectivity index is 1.90. The molecule has 2 aromatic rings. The molecule has 1 nitrogen and oxygen atoms in total. The van der Waals surface area contributed by atoms with E-state index in [4.69, 9.17) is 23.2 Å². The zero-order valence-electron chi connectivity index (χ0n) is 10.1. The molecule has 1 aromatic carbocycles. The standard InChI is InChI=1S/C14H12Cl2FNS/c15-10-5-4-8(17)6-12(10)18-11-2-1-3-13-9(11)7-14(16)19-13/h4-7,11,18H,1-3H2. The lowest BCUT2D eigenvalue weighted by atomic mass is 9.94. The van der Waals surface area contributed by atoms with Crippen molar-refractivity contribution in [1.29, 1.82) is 0 Å². The zero-order chi connectivity index (χ0) is 13.4. The molecule has 100 valence electrons. The number of hydrogen-bond donors (Lipinski definition) is 1. The third-order valence-corrected chi connectivity index (χ3v) is 5.01. The van der Waals surface area contributed by atoms with Gasteiger partial charge in [-0.15, -0.1) is 11.3 Å². The normalized spacial score (nSPS) is 18.2. The van der Waals surface area contributed by atoms with Crippen molar-refractivity contribution in [3.8, 4) is 0 Å². The number of thiophene rings is 1. The first kappa shape index (κ1) is 13.2. The average molecular weight is 316 g/mol. The fourth-order valence-electron chi connectivity index (χ4n) is 2.47. The summed E-state index contributed by atoms with van der Waals surface area (Å²) in [6, 6.07) is 6.54. The van der Waals surface area contributed by atoms with Crippen LogP contribution in [-0.2, 0) is 6.42 Å². The second-order valence-corrected chi connectivity index (χ2v) is 6.82. The molecular formula is C14H12Cl2FNS. The molecule has 0 fully saturated rings. The van der Waals surface area contributed by atoms with Gasteiger partial charge >= 0.3 is 0 Å². The van der Waals surface area contributed by atoms with Crippen molar-refractivity contribution in [3.63, 3.8) is 0 Å². The second-order valence-electron chi connectivity index (χ2n) is 4.64. The number of anilines is 1. The molecule has 1 N–H and O–H groups in total. The maximum Gasteiger partial charge on any atom is 0.125 e.